The Kier molecular flexibility index (Phi) is 3.16. The van der Waals surface area contributed by atoms with Crippen molar-refractivity contribution in [2.75, 3.05) is 5.73 Å². The Bertz CT molecular complexity index is 753. The van der Waals surface area contributed by atoms with Crippen LogP contribution in [0, 0.1) is 6.92 Å². The molecular weight excluding hydrogens is 274 g/mol. The second-order valence-corrected chi connectivity index (χ2v) is 4.88. The van der Waals surface area contributed by atoms with E-state index in [9.17, 15) is 0 Å². The van der Waals surface area contributed by atoms with E-state index in [1.165, 1.54) is 0 Å². The highest BCUT2D eigenvalue weighted by Gasteiger charge is 2.18. The predicted molar refractivity (Wildman–Crippen MR) is 79.3 cm³/mol. The number of nitrogens with two attached hydrogens (primary N) is 1. The van der Waals surface area contributed by atoms with Crippen LogP contribution in [0.4, 0.5) is 5.82 Å². The van der Waals surface area contributed by atoms with Crippen molar-refractivity contribution in [3.8, 4) is 22.5 Å². The Labute approximate surface area is 121 Å². The molecule has 0 aliphatic carbocycles. The second kappa shape index (κ2) is 4.98. The average Bonchev–Trinajstić information content (AvgIpc) is 2.85. The van der Waals surface area contributed by atoms with Gasteiger partial charge in [0, 0.05) is 28.5 Å². The second-order valence-electron chi connectivity index (χ2n) is 4.48. The van der Waals surface area contributed by atoms with Crippen LogP contribution in [-0.4, -0.2) is 10.1 Å². The number of nitrogens with zero attached hydrogens (tertiary/aromatic N) is 2. The zero-order chi connectivity index (χ0) is 14.1. The number of hydrogen-bond donors (Lipinski definition) is 1. The highest BCUT2D eigenvalue weighted by atomic mass is 35.5. The fraction of sp³-hybridized carbons (Fsp3) is 0.0667. The van der Waals surface area contributed by atoms with E-state index in [0.717, 1.165) is 22.3 Å². The fourth-order valence-corrected chi connectivity index (χ4v) is 2.20. The van der Waals surface area contributed by atoms with Gasteiger partial charge in [0.05, 0.1) is 5.56 Å². The van der Waals surface area contributed by atoms with E-state index in [0.29, 0.717) is 16.6 Å². The minimum absolute atomic E-state index is 0.338. The number of halogens is 1. The summed E-state index contributed by atoms with van der Waals surface area (Å²) in [5.41, 5.74) is 9.35. The molecule has 0 saturated heterocycles. The van der Waals surface area contributed by atoms with Crippen molar-refractivity contribution in [2.45, 2.75) is 6.92 Å². The molecule has 0 aliphatic rings. The summed E-state index contributed by atoms with van der Waals surface area (Å²) in [5.74, 6) is 0.932. The first-order valence-corrected chi connectivity index (χ1v) is 6.46. The summed E-state index contributed by atoms with van der Waals surface area (Å²) in [4.78, 5) is 4.10. The SMILES string of the molecule is Cc1ccc(-c2onc(N)c2-c2cccnc2)cc1Cl. The molecule has 0 radical (unpaired) electrons. The molecule has 0 amide bonds. The molecule has 3 rings (SSSR count). The smallest absolute Gasteiger partial charge is 0.177 e. The van der Waals surface area contributed by atoms with Crippen molar-refractivity contribution >= 4 is 17.4 Å². The first-order chi connectivity index (χ1) is 9.66. The summed E-state index contributed by atoms with van der Waals surface area (Å²) in [6.07, 6.45) is 3.43. The van der Waals surface area contributed by atoms with Gasteiger partial charge in [0.15, 0.2) is 11.6 Å². The number of pyridine rings is 1. The monoisotopic (exact) mass is 285 g/mol. The molecule has 0 fully saturated rings. The molecular formula is C15H12ClN3O. The molecule has 0 spiro atoms. The van der Waals surface area contributed by atoms with Crippen LogP contribution in [-0.2, 0) is 0 Å². The van der Waals surface area contributed by atoms with Gasteiger partial charge in [-0.15, -0.1) is 0 Å². The number of aryl methyl sites for hydroxylation is 1. The highest BCUT2D eigenvalue weighted by molar-refractivity contribution is 6.31. The average molecular weight is 286 g/mol. The Morgan fingerprint density at radius 1 is 1.20 bits per heavy atom. The number of rotatable bonds is 2. The molecule has 20 heavy (non-hydrogen) atoms. The lowest BCUT2D eigenvalue weighted by atomic mass is 10.0. The number of anilines is 1. The third-order valence-corrected chi connectivity index (χ3v) is 3.51. The Morgan fingerprint density at radius 3 is 2.75 bits per heavy atom. The number of nitrogen functional groups attached to an aromatic ring is 1. The van der Waals surface area contributed by atoms with E-state index in [1.54, 1.807) is 12.4 Å². The van der Waals surface area contributed by atoms with Gasteiger partial charge < -0.3 is 10.3 Å². The van der Waals surface area contributed by atoms with Crippen molar-refractivity contribution in [1.29, 1.82) is 0 Å². The normalized spacial score (nSPS) is 10.7. The minimum Gasteiger partial charge on any atom is -0.380 e. The van der Waals surface area contributed by atoms with E-state index in [4.69, 9.17) is 21.9 Å². The lowest BCUT2D eigenvalue weighted by Crippen LogP contribution is -1.89. The van der Waals surface area contributed by atoms with Gasteiger partial charge in [0.25, 0.3) is 0 Å². The molecule has 0 unspecified atom stereocenters. The zero-order valence-electron chi connectivity index (χ0n) is 10.8. The van der Waals surface area contributed by atoms with Gasteiger partial charge in [-0.1, -0.05) is 35.0 Å². The van der Waals surface area contributed by atoms with Crippen LogP contribution < -0.4 is 5.73 Å². The summed E-state index contributed by atoms with van der Waals surface area (Å²) >= 11 is 6.16. The van der Waals surface area contributed by atoms with Crippen molar-refractivity contribution in [1.82, 2.24) is 10.1 Å². The zero-order valence-corrected chi connectivity index (χ0v) is 11.6. The van der Waals surface area contributed by atoms with Gasteiger partial charge in [-0.05, 0) is 24.6 Å². The number of hydrogen-bond acceptors (Lipinski definition) is 4. The van der Waals surface area contributed by atoms with Crippen LogP contribution in [0.1, 0.15) is 5.56 Å². The lowest BCUT2D eigenvalue weighted by Gasteiger charge is -2.04. The van der Waals surface area contributed by atoms with Gasteiger partial charge >= 0.3 is 0 Å². The Balaban J connectivity index is 2.18. The van der Waals surface area contributed by atoms with Crippen LogP contribution >= 0.6 is 11.6 Å². The molecule has 2 aromatic heterocycles. The van der Waals surface area contributed by atoms with Crippen molar-refractivity contribution in [3.05, 3.63) is 53.3 Å². The predicted octanol–water partition coefficient (Wildman–Crippen LogP) is 3.95. The lowest BCUT2D eigenvalue weighted by molar-refractivity contribution is 0.436. The summed E-state index contributed by atoms with van der Waals surface area (Å²) < 4.78 is 5.37. The van der Waals surface area contributed by atoms with Gasteiger partial charge in [-0.2, -0.15) is 0 Å². The quantitative estimate of drug-likeness (QED) is 0.774. The molecule has 0 atom stereocenters. The molecule has 0 bridgehead atoms. The molecule has 4 nitrogen and oxygen atoms in total. The molecule has 2 N–H and O–H groups in total. The van der Waals surface area contributed by atoms with Crippen LogP contribution in [0.25, 0.3) is 22.5 Å². The number of aromatic nitrogens is 2. The van der Waals surface area contributed by atoms with E-state index >= 15 is 0 Å². The molecule has 0 saturated carbocycles. The highest BCUT2D eigenvalue weighted by Crippen LogP contribution is 2.37. The summed E-state index contributed by atoms with van der Waals surface area (Å²) in [6.45, 7) is 1.95. The standard InChI is InChI=1S/C15H12ClN3O/c1-9-4-5-10(7-12(9)16)14-13(15(17)19-20-14)11-3-2-6-18-8-11/h2-8H,1H3,(H2,17,19). The van der Waals surface area contributed by atoms with Crippen LogP contribution in [0.2, 0.25) is 5.02 Å². The van der Waals surface area contributed by atoms with Gasteiger partial charge in [-0.25, -0.2) is 0 Å². The fourth-order valence-electron chi connectivity index (χ4n) is 2.02. The Hall–Kier alpha value is -2.33. The van der Waals surface area contributed by atoms with E-state index in [1.807, 2.05) is 37.3 Å². The third kappa shape index (κ3) is 2.14. The first kappa shape index (κ1) is 12.7. The van der Waals surface area contributed by atoms with Gasteiger partial charge in [0.1, 0.15) is 0 Å². The van der Waals surface area contributed by atoms with E-state index < -0.39 is 0 Å². The summed E-state index contributed by atoms with van der Waals surface area (Å²) in [7, 11) is 0. The van der Waals surface area contributed by atoms with E-state index in [-0.39, 0.29) is 0 Å². The summed E-state index contributed by atoms with van der Waals surface area (Å²) in [6, 6.07) is 9.46. The van der Waals surface area contributed by atoms with Crippen molar-refractivity contribution in [3.63, 3.8) is 0 Å². The largest absolute Gasteiger partial charge is 0.380 e. The van der Waals surface area contributed by atoms with Crippen molar-refractivity contribution in [2.24, 2.45) is 0 Å². The van der Waals surface area contributed by atoms with E-state index in [2.05, 4.69) is 10.1 Å². The first-order valence-electron chi connectivity index (χ1n) is 6.09. The maximum atomic E-state index is 6.16. The number of benzene rings is 1. The molecule has 0 aliphatic heterocycles. The van der Waals surface area contributed by atoms with Crippen molar-refractivity contribution < 1.29 is 4.52 Å². The van der Waals surface area contributed by atoms with Crippen LogP contribution in [0.15, 0.2) is 47.2 Å². The topological polar surface area (TPSA) is 64.9 Å². The molecule has 5 heteroatoms. The molecule has 100 valence electrons. The summed E-state index contributed by atoms with van der Waals surface area (Å²) in [5, 5.41) is 4.53. The van der Waals surface area contributed by atoms with Gasteiger partial charge in [0.2, 0.25) is 0 Å². The van der Waals surface area contributed by atoms with Crippen LogP contribution in [0.3, 0.4) is 0 Å². The third-order valence-electron chi connectivity index (χ3n) is 3.10. The molecule has 1 aromatic carbocycles. The molecule has 2 heterocycles. The maximum absolute atomic E-state index is 6.16. The van der Waals surface area contributed by atoms with Gasteiger partial charge in [-0.3, -0.25) is 4.98 Å². The Morgan fingerprint density at radius 2 is 2.05 bits per heavy atom. The van der Waals surface area contributed by atoms with Crippen LogP contribution in [0.5, 0.6) is 0 Å². The maximum Gasteiger partial charge on any atom is 0.177 e. The molecule has 3 aromatic rings. The minimum atomic E-state index is 0.338.